The predicted octanol–water partition coefficient (Wildman–Crippen LogP) is 6.37. The number of benzene rings is 1. The summed E-state index contributed by atoms with van der Waals surface area (Å²) in [6.07, 6.45) is 13.9. The molecule has 0 spiro atoms. The molecule has 0 aromatic heterocycles. The van der Waals surface area contributed by atoms with Gasteiger partial charge in [0, 0.05) is 11.1 Å². The second-order valence-corrected chi connectivity index (χ2v) is 6.64. The van der Waals surface area contributed by atoms with Gasteiger partial charge in [-0.2, -0.15) is 0 Å². The van der Waals surface area contributed by atoms with E-state index in [2.05, 4.69) is 6.08 Å². The zero-order valence-electron chi connectivity index (χ0n) is 13.2. The fraction of sp³-hybridized carbons (Fsp3) is 0.500. The van der Waals surface area contributed by atoms with Gasteiger partial charge < -0.3 is 0 Å². The summed E-state index contributed by atoms with van der Waals surface area (Å²) in [5.74, 6) is 0.188. The summed E-state index contributed by atoms with van der Waals surface area (Å²) >= 11 is 0. The van der Waals surface area contributed by atoms with Crippen molar-refractivity contribution in [3.05, 3.63) is 47.0 Å². The van der Waals surface area contributed by atoms with E-state index in [-0.39, 0.29) is 0 Å². The molecule has 0 N–H and O–H groups in total. The smallest absolute Gasteiger partial charge is 0.166 e. The highest BCUT2D eigenvalue weighted by Gasteiger charge is 2.27. The van der Waals surface area contributed by atoms with Gasteiger partial charge in [0.05, 0.1) is 0 Å². The molecule has 2 heteroatoms. The van der Waals surface area contributed by atoms with Crippen molar-refractivity contribution in [2.45, 2.75) is 51.9 Å². The molecule has 118 valence electrons. The Morgan fingerprint density at radius 1 is 1.00 bits per heavy atom. The van der Waals surface area contributed by atoms with Crippen molar-refractivity contribution in [2.75, 3.05) is 0 Å². The maximum atomic E-state index is 14.3. The van der Waals surface area contributed by atoms with E-state index in [1.165, 1.54) is 25.7 Å². The van der Waals surface area contributed by atoms with Gasteiger partial charge in [0.25, 0.3) is 0 Å². The first-order valence-corrected chi connectivity index (χ1v) is 8.50. The summed E-state index contributed by atoms with van der Waals surface area (Å²) in [5.41, 5.74) is 1.76. The van der Waals surface area contributed by atoms with E-state index in [4.69, 9.17) is 0 Å². The monoisotopic (exact) mass is 302 g/mol. The van der Waals surface area contributed by atoms with Crippen molar-refractivity contribution in [2.24, 2.45) is 11.8 Å². The quantitative estimate of drug-likeness (QED) is 0.608. The molecule has 1 fully saturated rings. The van der Waals surface area contributed by atoms with E-state index in [1.807, 2.05) is 0 Å². The van der Waals surface area contributed by atoms with Crippen LogP contribution >= 0.6 is 0 Å². The highest BCUT2D eigenvalue weighted by Crippen LogP contribution is 2.41. The molecule has 0 aliphatic heterocycles. The van der Waals surface area contributed by atoms with E-state index >= 15 is 0 Å². The topological polar surface area (TPSA) is 0 Å². The van der Waals surface area contributed by atoms with Gasteiger partial charge in [-0.05, 0) is 43.6 Å². The standard InChI is InChI=1S/C20H24F2/c1-2-5-17-12-13-18(20(22)19(17)21)16-10-8-15(9-11-16)14-6-3-4-7-14/h2,5,10,12-15H,3-4,6-9,11H2,1H3/b5-2+. The van der Waals surface area contributed by atoms with Crippen LogP contribution in [0.5, 0.6) is 0 Å². The normalized spacial score (nSPS) is 23.2. The third-order valence-electron chi connectivity index (χ3n) is 5.32. The van der Waals surface area contributed by atoms with Crippen LogP contribution in [0.25, 0.3) is 11.6 Å². The fourth-order valence-electron chi connectivity index (χ4n) is 4.08. The molecule has 0 radical (unpaired) electrons. The molecule has 0 bridgehead atoms. The third-order valence-corrected chi connectivity index (χ3v) is 5.32. The lowest BCUT2D eigenvalue weighted by atomic mass is 9.78. The highest BCUT2D eigenvalue weighted by atomic mass is 19.2. The zero-order chi connectivity index (χ0) is 15.5. The summed E-state index contributed by atoms with van der Waals surface area (Å²) in [4.78, 5) is 0. The van der Waals surface area contributed by atoms with Gasteiger partial charge in [-0.15, -0.1) is 0 Å². The van der Waals surface area contributed by atoms with Crippen LogP contribution in [0.2, 0.25) is 0 Å². The summed E-state index contributed by atoms with van der Waals surface area (Å²) in [5, 5.41) is 0. The molecule has 2 aliphatic carbocycles. The highest BCUT2D eigenvalue weighted by molar-refractivity contribution is 5.68. The van der Waals surface area contributed by atoms with E-state index in [0.29, 0.717) is 11.1 Å². The first-order chi connectivity index (χ1) is 10.7. The van der Waals surface area contributed by atoms with Gasteiger partial charge in [-0.1, -0.05) is 56.0 Å². The molecule has 0 amide bonds. The minimum atomic E-state index is -0.727. The van der Waals surface area contributed by atoms with Crippen LogP contribution in [0, 0.1) is 23.5 Å². The van der Waals surface area contributed by atoms with Gasteiger partial charge >= 0.3 is 0 Å². The summed E-state index contributed by atoms with van der Waals surface area (Å²) in [6.45, 7) is 1.80. The van der Waals surface area contributed by atoms with Gasteiger partial charge in [0.2, 0.25) is 0 Å². The molecule has 3 rings (SSSR count). The van der Waals surface area contributed by atoms with Crippen molar-refractivity contribution >= 4 is 11.6 Å². The molecule has 1 unspecified atom stereocenters. The Balaban J connectivity index is 1.79. The first-order valence-electron chi connectivity index (χ1n) is 8.50. The predicted molar refractivity (Wildman–Crippen MR) is 88.3 cm³/mol. The first kappa shape index (κ1) is 15.5. The number of halogens is 2. The minimum Gasteiger partial charge on any atom is -0.203 e. The third kappa shape index (κ3) is 3.02. The summed E-state index contributed by atoms with van der Waals surface area (Å²) < 4.78 is 28.4. The van der Waals surface area contributed by atoms with Crippen molar-refractivity contribution in [3.8, 4) is 0 Å². The van der Waals surface area contributed by atoms with Crippen molar-refractivity contribution in [1.82, 2.24) is 0 Å². The van der Waals surface area contributed by atoms with Crippen LogP contribution < -0.4 is 0 Å². The van der Waals surface area contributed by atoms with E-state index in [1.54, 1.807) is 31.2 Å². The molecule has 1 saturated carbocycles. The molecule has 0 saturated heterocycles. The Bertz CT molecular complexity index is 592. The number of hydrogen-bond acceptors (Lipinski definition) is 0. The number of hydrogen-bond donors (Lipinski definition) is 0. The molecule has 0 heterocycles. The minimum absolute atomic E-state index is 0.323. The molecule has 22 heavy (non-hydrogen) atoms. The largest absolute Gasteiger partial charge is 0.203 e. The van der Waals surface area contributed by atoms with Crippen molar-refractivity contribution in [3.63, 3.8) is 0 Å². The lowest BCUT2D eigenvalue weighted by Crippen LogP contribution is -2.14. The average Bonchev–Trinajstić information content (AvgIpc) is 3.07. The maximum Gasteiger partial charge on any atom is 0.166 e. The Morgan fingerprint density at radius 3 is 2.41 bits per heavy atom. The van der Waals surface area contributed by atoms with E-state index in [9.17, 15) is 8.78 Å². The molecule has 1 aromatic rings. The zero-order valence-corrected chi connectivity index (χ0v) is 13.2. The summed E-state index contributed by atoms with van der Waals surface area (Å²) in [6, 6.07) is 3.41. The summed E-state index contributed by atoms with van der Waals surface area (Å²) in [7, 11) is 0. The Hall–Kier alpha value is -1.44. The number of rotatable bonds is 3. The van der Waals surface area contributed by atoms with Gasteiger partial charge in [-0.3, -0.25) is 0 Å². The lowest BCUT2D eigenvalue weighted by Gasteiger charge is -2.27. The average molecular weight is 302 g/mol. The SMILES string of the molecule is C/C=C/c1ccc(C2=CCC(C3CCCC3)CC2)c(F)c1F. The van der Waals surface area contributed by atoms with Gasteiger partial charge in [0.1, 0.15) is 0 Å². The Morgan fingerprint density at radius 2 is 1.77 bits per heavy atom. The van der Waals surface area contributed by atoms with Crippen LogP contribution in [-0.4, -0.2) is 0 Å². The molecule has 0 nitrogen and oxygen atoms in total. The van der Waals surface area contributed by atoms with Crippen molar-refractivity contribution < 1.29 is 8.78 Å². The lowest BCUT2D eigenvalue weighted by molar-refractivity contribution is 0.317. The maximum absolute atomic E-state index is 14.3. The van der Waals surface area contributed by atoms with Crippen LogP contribution in [0.3, 0.4) is 0 Å². The van der Waals surface area contributed by atoms with E-state index in [0.717, 1.165) is 36.7 Å². The number of allylic oxidation sites excluding steroid dienone is 3. The molecular formula is C20H24F2. The van der Waals surface area contributed by atoms with Gasteiger partial charge in [0.15, 0.2) is 11.6 Å². The van der Waals surface area contributed by atoms with Gasteiger partial charge in [-0.25, -0.2) is 8.78 Å². The Labute approximate surface area is 131 Å². The van der Waals surface area contributed by atoms with Crippen LogP contribution in [-0.2, 0) is 0 Å². The second kappa shape index (κ2) is 6.76. The Kier molecular flexibility index (Phi) is 4.75. The van der Waals surface area contributed by atoms with Crippen LogP contribution in [0.4, 0.5) is 8.78 Å². The van der Waals surface area contributed by atoms with Crippen molar-refractivity contribution in [1.29, 1.82) is 0 Å². The molecular weight excluding hydrogens is 278 g/mol. The van der Waals surface area contributed by atoms with Crippen LogP contribution in [0.1, 0.15) is 63.0 Å². The molecule has 1 atom stereocenters. The van der Waals surface area contributed by atoms with Crippen LogP contribution in [0.15, 0.2) is 24.3 Å². The van der Waals surface area contributed by atoms with E-state index < -0.39 is 11.6 Å². The second-order valence-electron chi connectivity index (χ2n) is 6.64. The molecule has 2 aliphatic rings. The molecule has 1 aromatic carbocycles. The fourth-order valence-corrected chi connectivity index (χ4v) is 4.08.